The molecule has 1 saturated heterocycles. The smallest absolute Gasteiger partial charge is 0.289 e. The molecule has 1 heterocycles. The normalized spacial score (nSPS) is 20.3. The maximum absolute atomic E-state index is 13.5. The van der Waals surface area contributed by atoms with Crippen molar-refractivity contribution in [2.24, 2.45) is 5.92 Å². The number of hydrogen-bond acceptors (Lipinski definition) is 6. The molecule has 1 aliphatic rings. The Morgan fingerprint density at radius 3 is 2.45 bits per heavy atom. The van der Waals surface area contributed by atoms with E-state index in [1.165, 1.54) is 18.2 Å². The number of nitro benzene ring substituents is 1. The SMILES string of the molecule is CC(C)[C@H]1C(=O)NC[C@@H](OCc2ccccc2)CN1S(=O)(=O)c1ccccc1[N+](=O)[O-]. The van der Waals surface area contributed by atoms with Crippen LogP contribution in [0.15, 0.2) is 59.5 Å². The number of nitrogens with zero attached hydrogens (tertiary/aromatic N) is 2. The molecule has 0 aromatic heterocycles. The Balaban J connectivity index is 1.96. The van der Waals surface area contributed by atoms with Gasteiger partial charge < -0.3 is 10.1 Å². The van der Waals surface area contributed by atoms with Gasteiger partial charge in [-0.1, -0.05) is 56.3 Å². The van der Waals surface area contributed by atoms with Crippen LogP contribution >= 0.6 is 0 Å². The summed E-state index contributed by atoms with van der Waals surface area (Å²) in [6.07, 6.45) is -0.620. The van der Waals surface area contributed by atoms with E-state index in [1.807, 2.05) is 30.3 Å². The quantitative estimate of drug-likeness (QED) is 0.514. The lowest BCUT2D eigenvalue weighted by molar-refractivity contribution is -0.387. The predicted molar refractivity (Wildman–Crippen MR) is 114 cm³/mol. The van der Waals surface area contributed by atoms with Gasteiger partial charge in [0.15, 0.2) is 4.90 Å². The third kappa shape index (κ3) is 5.09. The van der Waals surface area contributed by atoms with Crippen LogP contribution in [0.5, 0.6) is 0 Å². The number of benzene rings is 2. The molecule has 2 aromatic rings. The van der Waals surface area contributed by atoms with Gasteiger partial charge in [-0.3, -0.25) is 14.9 Å². The molecule has 0 spiro atoms. The largest absolute Gasteiger partial charge is 0.370 e. The van der Waals surface area contributed by atoms with Crippen LogP contribution in [-0.2, 0) is 26.2 Å². The van der Waals surface area contributed by atoms with Gasteiger partial charge in [0, 0.05) is 19.2 Å². The number of sulfonamides is 1. The Bertz CT molecular complexity index is 1040. The maximum Gasteiger partial charge on any atom is 0.289 e. The summed E-state index contributed by atoms with van der Waals surface area (Å²) in [5, 5.41) is 14.2. The number of rotatable bonds is 7. The summed E-state index contributed by atoms with van der Waals surface area (Å²) >= 11 is 0. The van der Waals surface area contributed by atoms with E-state index in [0.717, 1.165) is 15.9 Å². The molecule has 0 unspecified atom stereocenters. The Labute approximate surface area is 181 Å². The first-order valence-electron chi connectivity index (χ1n) is 9.90. The molecule has 1 aliphatic heterocycles. The molecule has 166 valence electrons. The Morgan fingerprint density at radius 2 is 1.81 bits per heavy atom. The fraction of sp³-hybridized carbons (Fsp3) is 0.381. The minimum Gasteiger partial charge on any atom is -0.370 e. The molecular weight excluding hydrogens is 422 g/mol. The maximum atomic E-state index is 13.5. The molecule has 1 fully saturated rings. The van der Waals surface area contributed by atoms with Gasteiger partial charge in [-0.15, -0.1) is 0 Å². The van der Waals surface area contributed by atoms with Crippen molar-refractivity contribution in [3.05, 3.63) is 70.3 Å². The van der Waals surface area contributed by atoms with Crippen LogP contribution in [0.4, 0.5) is 5.69 Å². The van der Waals surface area contributed by atoms with Crippen LogP contribution in [0.1, 0.15) is 19.4 Å². The van der Waals surface area contributed by atoms with E-state index in [1.54, 1.807) is 13.8 Å². The highest BCUT2D eigenvalue weighted by Gasteiger charge is 2.43. The van der Waals surface area contributed by atoms with Crippen LogP contribution in [0, 0.1) is 16.0 Å². The van der Waals surface area contributed by atoms with E-state index < -0.39 is 43.6 Å². The number of hydrogen-bond donors (Lipinski definition) is 1. The van der Waals surface area contributed by atoms with Crippen molar-refractivity contribution in [1.82, 2.24) is 9.62 Å². The molecule has 3 rings (SSSR count). The second-order valence-electron chi connectivity index (χ2n) is 7.65. The molecule has 31 heavy (non-hydrogen) atoms. The van der Waals surface area contributed by atoms with E-state index >= 15 is 0 Å². The van der Waals surface area contributed by atoms with Crippen molar-refractivity contribution in [2.75, 3.05) is 13.1 Å². The standard InChI is InChI=1S/C21H25N3O6S/c1-15(2)20-21(25)22-12-17(30-14-16-8-4-3-5-9-16)13-23(20)31(28,29)19-11-7-6-10-18(19)24(26)27/h3-11,15,17,20H,12-14H2,1-2H3,(H,22,25)/t17-,20+/m1/s1. The van der Waals surface area contributed by atoms with Gasteiger partial charge in [-0.05, 0) is 17.5 Å². The molecule has 10 heteroatoms. The molecule has 1 N–H and O–H groups in total. The summed E-state index contributed by atoms with van der Waals surface area (Å²) in [6.45, 7) is 3.74. The zero-order chi connectivity index (χ0) is 22.6. The number of nitro groups is 1. The monoisotopic (exact) mass is 447 g/mol. The first-order chi connectivity index (χ1) is 14.7. The highest BCUT2D eigenvalue weighted by atomic mass is 32.2. The summed E-state index contributed by atoms with van der Waals surface area (Å²) in [5.41, 5.74) is 0.378. The minimum absolute atomic E-state index is 0.108. The van der Waals surface area contributed by atoms with Crippen LogP contribution in [0.25, 0.3) is 0 Å². The topological polar surface area (TPSA) is 119 Å². The zero-order valence-electron chi connectivity index (χ0n) is 17.3. The lowest BCUT2D eigenvalue weighted by atomic mass is 10.0. The van der Waals surface area contributed by atoms with Crippen LogP contribution in [-0.4, -0.2) is 48.8 Å². The van der Waals surface area contributed by atoms with E-state index in [2.05, 4.69) is 5.32 Å². The average Bonchev–Trinajstić information content (AvgIpc) is 2.92. The van der Waals surface area contributed by atoms with Crippen molar-refractivity contribution in [1.29, 1.82) is 0 Å². The summed E-state index contributed by atoms with van der Waals surface area (Å²) in [7, 11) is -4.35. The van der Waals surface area contributed by atoms with Crippen molar-refractivity contribution in [3.8, 4) is 0 Å². The lowest BCUT2D eigenvalue weighted by Crippen LogP contribution is -2.50. The Morgan fingerprint density at radius 1 is 1.16 bits per heavy atom. The number of carbonyl (C=O) groups is 1. The van der Waals surface area contributed by atoms with Gasteiger partial charge >= 0.3 is 0 Å². The van der Waals surface area contributed by atoms with Crippen molar-refractivity contribution in [2.45, 2.75) is 37.5 Å². The van der Waals surface area contributed by atoms with Gasteiger partial charge in [-0.2, -0.15) is 4.31 Å². The van der Waals surface area contributed by atoms with Crippen LogP contribution in [0.2, 0.25) is 0 Å². The van der Waals surface area contributed by atoms with Crippen molar-refractivity contribution in [3.63, 3.8) is 0 Å². The molecule has 0 saturated carbocycles. The van der Waals surface area contributed by atoms with Gasteiger partial charge in [0.1, 0.15) is 6.04 Å². The van der Waals surface area contributed by atoms with E-state index in [-0.39, 0.29) is 25.6 Å². The van der Waals surface area contributed by atoms with E-state index in [9.17, 15) is 23.3 Å². The highest BCUT2D eigenvalue weighted by Crippen LogP contribution is 2.30. The van der Waals surface area contributed by atoms with Gasteiger partial charge in [0.2, 0.25) is 5.91 Å². The molecular formula is C21H25N3O6S. The summed E-state index contributed by atoms with van der Waals surface area (Å²) < 4.78 is 34.0. The van der Waals surface area contributed by atoms with Crippen LogP contribution < -0.4 is 5.32 Å². The second-order valence-corrected chi connectivity index (χ2v) is 9.51. The van der Waals surface area contributed by atoms with Gasteiger partial charge in [-0.25, -0.2) is 8.42 Å². The average molecular weight is 448 g/mol. The summed E-state index contributed by atoms with van der Waals surface area (Å²) in [6, 6.07) is 13.5. The second kappa shape index (κ2) is 9.54. The Kier molecular flexibility index (Phi) is 7.04. The zero-order valence-corrected chi connectivity index (χ0v) is 18.1. The van der Waals surface area contributed by atoms with Crippen LogP contribution in [0.3, 0.4) is 0 Å². The van der Waals surface area contributed by atoms with E-state index in [0.29, 0.717) is 0 Å². The molecule has 0 bridgehead atoms. The fourth-order valence-electron chi connectivity index (χ4n) is 3.56. The molecule has 9 nitrogen and oxygen atoms in total. The van der Waals surface area contributed by atoms with Crippen molar-refractivity contribution < 1.29 is 22.9 Å². The third-order valence-electron chi connectivity index (χ3n) is 5.08. The number of amides is 1. The first kappa shape index (κ1) is 22.9. The fourth-order valence-corrected chi connectivity index (χ4v) is 5.47. The third-order valence-corrected chi connectivity index (χ3v) is 6.97. The number of ether oxygens (including phenoxy) is 1. The minimum atomic E-state index is -4.35. The summed E-state index contributed by atoms with van der Waals surface area (Å²) in [4.78, 5) is 23.0. The summed E-state index contributed by atoms with van der Waals surface area (Å²) in [5.74, 6) is -0.812. The van der Waals surface area contributed by atoms with Crippen molar-refractivity contribution >= 4 is 21.6 Å². The number of carbonyl (C=O) groups excluding carboxylic acids is 1. The van der Waals surface area contributed by atoms with E-state index in [4.69, 9.17) is 4.74 Å². The molecule has 0 radical (unpaired) electrons. The van der Waals surface area contributed by atoms with Gasteiger partial charge in [0.25, 0.3) is 15.7 Å². The molecule has 1 amide bonds. The number of para-hydroxylation sites is 1. The number of nitrogens with one attached hydrogen (secondary N) is 1. The Hall–Kier alpha value is -2.82. The molecule has 0 aliphatic carbocycles. The molecule has 2 atom stereocenters. The predicted octanol–water partition coefficient (Wildman–Crippen LogP) is 2.33. The van der Waals surface area contributed by atoms with Gasteiger partial charge in [0.05, 0.1) is 17.6 Å². The highest BCUT2D eigenvalue weighted by molar-refractivity contribution is 7.89. The lowest BCUT2D eigenvalue weighted by Gasteiger charge is -2.31. The first-order valence-corrected chi connectivity index (χ1v) is 11.3. The molecule has 2 aromatic carbocycles.